The normalized spacial score (nSPS) is 16.7. The fourth-order valence-corrected chi connectivity index (χ4v) is 3.77. The van der Waals surface area contributed by atoms with Crippen molar-refractivity contribution in [3.63, 3.8) is 0 Å². The van der Waals surface area contributed by atoms with Gasteiger partial charge in [-0.05, 0) is 46.3 Å². The minimum atomic E-state index is -0.420. The van der Waals surface area contributed by atoms with Crippen molar-refractivity contribution in [2.45, 2.75) is 13.0 Å². The number of carbonyl (C=O) groups is 2. The lowest BCUT2D eigenvalue weighted by Gasteiger charge is -2.18. The Morgan fingerprint density at radius 2 is 2.18 bits per heavy atom. The van der Waals surface area contributed by atoms with Gasteiger partial charge in [0.2, 0.25) is 17.7 Å². The average molecular weight is 444 g/mol. The molecule has 1 atom stereocenters. The third-order valence-electron chi connectivity index (χ3n) is 4.61. The highest BCUT2D eigenvalue weighted by Crippen LogP contribution is 2.32. The molecule has 1 aliphatic rings. The molecule has 8 heteroatoms. The van der Waals surface area contributed by atoms with Gasteiger partial charge in [0.05, 0.1) is 11.6 Å². The van der Waals surface area contributed by atoms with Crippen LogP contribution in [0.15, 0.2) is 51.4 Å². The molecule has 3 aromatic rings. The van der Waals surface area contributed by atoms with Gasteiger partial charge in [0, 0.05) is 30.2 Å². The van der Waals surface area contributed by atoms with Gasteiger partial charge in [-0.15, -0.1) is 0 Å². The van der Waals surface area contributed by atoms with E-state index in [9.17, 15) is 9.59 Å². The number of hydrogen-bond acceptors (Lipinski definition) is 5. The molecule has 2 heterocycles. The summed E-state index contributed by atoms with van der Waals surface area (Å²) in [6.45, 7) is 0.628. The summed E-state index contributed by atoms with van der Waals surface area (Å²) < 4.78 is 11.4. The quantitative estimate of drug-likeness (QED) is 0.649. The Morgan fingerprint density at radius 1 is 1.36 bits per heavy atom. The number of halogens is 1. The number of ether oxygens (including phenoxy) is 1. The number of rotatable bonds is 5. The van der Waals surface area contributed by atoms with Gasteiger partial charge in [-0.2, -0.15) is 0 Å². The zero-order valence-corrected chi connectivity index (χ0v) is 16.7. The van der Waals surface area contributed by atoms with Gasteiger partial charge >= 0.3 is 0 Å². The SMILES string of the molecule is COCc1nc2cc(NC(=O)C3CC(=O)N(c4ccccc4Br)C3)ccc2o1. The zero-order valence-electron chi connectivity index (χ0n) is 15.1. The van der Waals surface area contributed by atoms with Crippen molar-refractivity contribution in [3.8, 4) is 0 Å². The summed E-state index contributed by atoms with van der Waals surface area (Å²) in [5.74, 6) is -0.200. The molecular formula is C20H18BrN3O4. The maximum atomic E-state index is 12.7. The first-order valence-corrected chi connectivity index (χ1v) is 9.58. The number of anilines is 2. The van der Waals surface area contributed by atoms with Gasteiger partial charge in [0.15, 0.2) is 5.58 Å². The van der Waals surface area contributed by atoms with Crippen LogP contribution in [0.3, 0.4) is 0 Å². The standard InChI is InChI=1S/C20H18BrN3O4/c1-27-11-18-23-15-9-13(6-7-17(15)28-18)22-20(26)12-8-19(25)24(10-12)16-5-3-2-4-14(16)21/h2-7,9,12H,8,10-11H2,1H3,(H,22,26). The number of aromatic nitrogens is 1. The summed E-state index contributed by atoms with van der Waals surface area (Å²) in [4.78, 5) is 31.1. The van der Waals surface area contributed by atoms with Crippen LogP contribution in [-0.2, 0) is 20.9 Å². The number of nitrogens with zero attached hydrogens (tertiary/aromatic N) is 2. The van der Waals surface area contributed by atoms with Gasteiger partial charge in [0.1, 0.15) is 12.1 Å². The minimum Gasteiger partial charge on any atom is -0.438 e. The molecule has 0 spiro atoms. The Hall–Kier alpha value is -2.71. The van der Waals surface area contributed by atoms with Crippen molar-refractivity contribution in [3.05, 3.63) is 52.8 Å². The van der Waals surface area contributed by atoms with Crippen LogP contribution < -0.4 is 10.2 Å². The van der Waals surface area contributed by atoms with Crippen LogP contribution in [0.1, 0.15) is 12.3 Å². The molecule has 1 saturated heterocycles. The fraction of sp³-hybridized carbons (Fsp3) is 0.250. The highest BCUT2D eigenvalue weighted by molar-refractivity contribution is 9.10. The summed E-state index contributed by atoms with van der Waals surface area (Å²) >= 11 is 3.46. The number of carbonyl (C=O) groups excluding carboxylic acids is 2. The molecule has 1 unspecified atom stereocenters. The van der Waals surface area contributed by atoms with E-state index in [1.807, 2.05) is 24.3 Å². The van der Waals surface area contributed by atoms with Crippen molar-refractivity contribution in [2.24, 2.45) is 5.92 Å². The van der Waals surface area contributed by atoms with Crippen LogP contribution in [0.5, 0.6) is 0 Å². The third kappa shape index (κ3) is 3.65. The van der Waals surface area contributed by atoms with E-state index in [4.69, 9.17) is 9.15 Å². The van der Waals surface area contributed by atoms with Crippen molar-refractivity contribution in [1.82, 2.24) is 4.98 Å². The Kier molecular flexibility index (Phi) is 5.15. The molecule has 1 N–H and O–H groups in total. The monoisotopic (exact) mass is 443 g/mol. The first-order chi connectivity index (χ1) is 13.5. The summed E-state index contributed by atoms with van der Waals surface area (Å²) in [7, 11) is 1.57. The predicted octanol–water partition coefficient (Wildman–Crippen LogP) is 3.73. The summed E-state index contributed by atoms with van der Waals surface area (Å²) in [6, 6.07) is 12.7. The van der Waals surface area contributed by atoms with E-state index in [0.717, 1.165) is 10.2 Å². The molecule has 4 rings (SSSR count). The summed E-state index contributed by atoms with van der Waals surface area (Å²) in [6.07, 6.45) is 0.178. The topological polar surface area (TPSA) is 84.7 Å². The van der Waals surface area contributed by atoms with Gasteiger partial charge in [-0.3, -0.25) is 9.59 Å². The van der Waals surface area contributed by atoms with E-state index in [-0.39, 0.29) is 24.8 Å². The fourth-order valence-electron chi connectivity index (χ4n) is 3.27. The molecule has 1 fully saturated rings. The Bertz CT molecular complexity index is 1050. The second-order valence-electron chi connectivity index (χ2n) is 6.57. The van der Waals surface area contributed by atoms with Crippen molar-refractivity contribution in [2.75, 3.05) is 23.9 Å². The molecule has 0 radical (unpaired) electrons. The van der Waals surface area contributed by atoms with Crippen LogP contribution in [0, 0.1) is 5.92 Å². The molecule has 0 aliphatic carbocycles. The number of amides is 2. The number of fused-ring (bicyclic) bond motifs is 1. The van der Waals surface area contributed by atoms with Crippen LogP contribution in [0.2, 0.25) is 0 Å². The number of oxazole rings is 1. The molecule has 28 heavy (non-hydrogen) atoms. The van der Waals surface area contributed by atoms with Crippen LogP contribution in [-0.4, -0.2) is 30.5 Å². The predicted molar refractivity (Wildman–Crippen MR) is 108 cm³/mol. The third-order valence-corrected chi connectivity index (χ3v) is 5.28. The maximum Gasteiger partial charge on any atom is 0.229 e. The number of nitrogens with one attached hydrogen (secondary N) is 1. The van der Waals surface area contributed by atoms with Crippen LogP contribution in [0.4, 0.5) is 11.4 Å². The molecule has 7 nitrogen and oxygen atoms in total. The lowest BCUT2D eigenvalue weighted by atomic mass is 10.1. The number of methoxy groups -OCH3 is 1. The number of para-hydroxylation sites is 1. The molecule has 1 aromatic heterocycles. The largest absolute Gasteiger partial charge is 0.438 e. The molecule has 2 amide bonds. The van der Waals surface area contributed by atoms with E-state index >= 15 is 0 Å². The Morgan fingerprint density at radius 3 is 2.96 bits per heavy atom. The van der Waals surface area contributed by atoms with E-state index in [0.29, 0.717) is 29.2 Å². The van der Waals surface area contributed by atoms with Crippen molar-refractivity contribution < 1.29 is 18.7 Å². The molecule has 0 bridgehead atoms. The van der Waals surface area contributed by atoms with E-state index in [1.165, 1.54) is 0 Å². The second kappa shape index (κ2) is 7.73. The maximum absolute atomic E-state index is 12.7. The van der Waals surface area contributed by atoms with Gasteiger partial charge in [-0.25, -0.2) is 4.98 Å². The first kappa shape index (κ1) is 18.6. The lowest BCUT2D eigenvalue weighted by Crippen LogP contribution is -2.28. The first-order valence-electron chi connectivity index (χ1n) is 8.79. The van der Waals surface area contributed by atoms with Crippen LogP contribution in [0.25, 0.3) is 11.1 Å². The number of hydrogen-bond donors (Lipinski definition) is 1. The molecule has 144 valence electrons. The van der Waals surface area contributed by atoms with Crippen molar-refractivity contribution in [1.29, 1.82) is 0 Å². The summed E-state index contributed by atoms with van der Waals surface area (Å²) in [5.41, 5.74) is 2.66. The smallest absolute Gasteiger partial charge is 0.229 e. The van der Waals surface area contributed by atoms with E-state index in [1.54, 1.807) is 30.2 Å². The minimum absolute atomic E-state index is 0.0665. The average Bonchev–Trinajstić information content (AvgIpc) is 3.25. The van der Waals surface area contributed by atoms with Gasteiger partial charge in [-0.1, -0.05) is 12.1 Å². The second-order valence-corrected chi connectivity index (χ2v) is 7.42. The number of benzene rings is 2. The van der Waals surface area contributed by atoms with E-state index < -0.39 is 5.92 Å². The van der Waals surface area contributed by atoms with Crippen LogP contribution >= 0.6 is 15.9 Å². The Balaban J connectivity index is 1.47. The van der Waals surface area contributed by atoms with Crippen molar-refractivity contribution >= 4 is 50.2 Å². The highest BCUT2D eigenvalue weighted by Gasteiger charge is 2.35. The summed E-state index contributed by atoms with van der Waals surface area (Å²) in [5, 5.41) is 2.88. The van der Waals surface area contributed by atoms with Gasteiger partial charge in [0.25, 0.3) is 0 Å². The molecular weight excluding hydrogens is 426 g/mol. The zero-order chi connectivity index (χ0) is 19.7. The molecule has 1 aliphatic heterocycles. The van der Waals surface area contributed by atoms with Gasteiger partial charge < -0.3 is 19.4 Å². The molecule has 0 saturated carbocycles. The van der Waals surface area contributed by atoms with E-state index in [2.05, 4.69) is 26.2 Å². The lowest BCUT2D eigenvalue weighted by molar-refractivity contribution is -0.122. The Labute approximate surface area is 169 Å². The molecule has 2 aromatic carbocycles. The highest BCUT2D eigenvalue weighted by atomic mass is 79.9.